The number of nitrogens with zero attached hydrogens (tertiary/aromatic N) is 3. The van der Waals surface area contributed by atoms with Crippen LogP contribution in [0.25, 0.3) is 0 Å². The van der Waals surface area contributed by atoms with Crippen LogP contribution in [-0.2, 0) is 13.0 Å². The maximum atomic E-state index is 5.37. The standard InChI is InChI=1S/C14H24N4O/c1-2-4-13-16-14(19-17-13)10-18(12-6-7-12)9-11-5-3-8-15-11/h11-12,15H,2-10H2,1H3. The van der Waals surface area contributed by atoms with Gasteiger partial charge in [0.1, 0.15) is 0 Å². The van der Waals surface area contributed by atoms with Gasteiger partial charge in [-0.15, -0.1) is 0 Å². The summed E-state index contributed by atoms with van der Waals surface area (Å²) in [4.78, 5) is 7.00. The second-order valence-corrected chi connectivity index (χ2v) is 5.81. The Morgan fingerprint density at radius 1 is 1.37 bits per heavy atom. The molecule has 0 spiro atoms. The normalized spacial score (nSPS) is 23.4. The Bertz CT molecular complexity index is 396. The smallest absolute Gasteiger partial charge is 0.240 e. The van der Waals surface area contributed by atoms with Crippen molar-refractivity contribution in [3.63, 3.8) is 0 Å². The summed E-state index contributed by atoms with van der Waals surface area (Å²) < 4.78 is 5.37. The summed E-state index contributed by atoms with van der Waals surface area (Å²) in [6.45, 7) is 5.25. The number of nitrogens with one attached hydrogen (secondary N) is 1. The first-order chi connectivity index (χ1) is 9.35. The fourth-order valence-electron chi connectivity index (χ4n) is 2.83. The lowest BCUT2D eigenvalue weighted by Crippen LogP contribution is -2.38. The van der Waals surface area contributed by atoms with Crippen molar-refractivity contribution in [2.24, 2.45) is 0 Å². The lowest BCUT2D eigenvalue weighted by atomic mass is 10.2. The third-order valence-electron chi connectivity index (χ3n) is 4.00. The van der Waals surface area contributed by atoms with Gasteiger partial charge >= 0.3 is 0 Å². The minimum absolute atomic E-state index is 0.652. The van der Waals surface area contributed by atoms with Crippen LogP contribution >= 0.6 is 0 Å². The zero-order valence-electron chi connectivity index (χ0n) is 11.8. The Morgan fingerprint density at radius 3 is 2.95 bits per heavy atom. The van der Waals surface area contributed by atoms with Gasteiger partial charge in [-0.2, -0.15) is 4.98 Å². The van der Waals surface area contributed by atoms with Crippen molar-refractivity contribution in [3.8, 4) is 0 Å². The summed E-state index contributed by atoms with van der Waals surface area (Å²) in [7, 11) is 0. The largest absolute Gasteiger partial charge is 0.338 e. The molecule has 2 heterocycles. The number of hydrogen-bond acceptors (Lipinski definition) is 5. The maximum absolute atomic E-state index is 5.37. The third-order valence-corrected chi connectivity index (χ3v) is 4.00. The fraction of sp³-hybridized carbons (Fsp3) is 0.857. The molecule has 0 aromatic carbocycles. The van der Waals surface area contributed by atoms with Crippen LogP contribution in [0.1, 0.15) is 50.7 Å². The predicted molar refractivity (Wildman–Crippen MR) is 72.7 cm³/mol. The molecule has 19 heavy (non-hydrogen) atoms. The van der Waals surface area contributed by atoms with E-state index in [0.717, 1.165) is 43.7 Å². The molecular weight excluding hydrogens is 240 g/mol. The Balaban J connectivity index is 1.56. The van der Waals surface area contributed by atoms with Crippen LogP contribution in [0.3, 0.4) is 0 Å². The molecule has 0 bridgehead atoms. The molecule has 1 aromatic heterocycles. The van der Waals surface area contributed by atoms with E-state index in [1.807, 2.05) is 0 Å². The van der Waals surface area contributed by atoms with Gasteiger partial charge < -0.3 is 9.84 Å². The maximum Gasteiger partial charge on any atom is 0.240 e. The number of rotatable bonds is 7. The molecule has 1 unspecified atom stereocenters. The van der Waals surface area contributed by atoms with Crippen LogP contribution in [0, 0.1) is 0 Å². The van der Waals surface area contributed by atoms with Gasteiger partial charge in [-0.3, -0.25) is 4.90 Å². The molecule has 0 radical (unpaired) electrons. The molecule has 1 aliphatic carbocycles. The Hall–Kier alpha value is -0.940. The van der Waals surface area contributed by atoms with E-state index in [0.29, 0.717) is 6.04 Å². The summed E-state index contributed by atoms with van der Waals surface area (Å²) in [5.74, 6) is 1.64. The van der Waals surface area contributed by atoms with Crippen molar-refractivity contribution >= 4 is 0 Å². The molecule has 5 nitrogen and oxygen atoms in total. The molecule has 2 fully saturated rings. The van der Waals surface area contributed by atoms with E-state index < -0.39 is 0 Å². The van der Waals surface area contributed by atoms with Gasteiger partial charge in [0.05, 0.1) is 6.54 Å². The molecule has 2 aliphatic rings. The summed E-state index contributed by atoms with van der Waals surface area (Å²) in [6.07, 6.45) is 7.23. The second-order valence-electron chi connectivity index (χ2n) is 5.81. The van der Waals surface area contributed by atoms with E-state index in [4.69, 9.17) is 4.52 Å². The molecule has 1 aliphatic heterocycles. The van der Waals surface area contributed by atoms with Gasteiger partial charge in [0.15, 0.2) is 5.82 Å². The van der Waals surface area contributed by atoms with Crippen LogP contribution in [0.15, 0.2) is 4.52 Å². The van der Waals surface area contributed by atoms with Crippen LogP contribution in [0.5, 0.6) is 0 Å². The van der Waals surface area contributed by atoms with Crippen LogP contribution in [0.4, 0.5) is 0 Å². The average Bonchev–Trinajstić information content (AvgIpc) is 2.95. The molecule has 0 amide bonds. The Morgan fingerprint density at radius 2 is 2.26 bits per heavy atom. The highest BCUT2D eigenvalue weighted by molar-refractivity contribution is 4.93. The molecule has 5 heteroatoms. The monoisotopic (exact) mass is 264 g/mol. The van der Waals surface area contributed by atoms with Gasteiger partial charge in [0, 0.05) is 25.0 Å². The molecule has 1 saturated heterocycles. The van der Waals surface area contributed by atoms with Crippen molar-refractivity contribution in [1.82, 2.24) is 20.4 Å². The first kappa shape index (κ1) is 13.1. The van der Waals surface area contributed by atoms with Crippen molar-refractivity contribution in [2.75, 3.05) is 13.1 Å². The van der Waals surface area contributed by atoms with Gasteiger partial charge in [-0.1, -0.05) is 12.1 Å². The van der Waals surface area contributed by atoms with Crippen LogP contribution < -0.4 is 5.32 Å². The molecular formula is C14H24N4O. The summed E-state index contributed by atoms with van der Waals surface area (Å²) in [5, 5.41) is 7.61. The van der Waals surface area contributed by atoms with E-state index in [9.17, 15) is 0 Å². The lowest BCUT2D eigenvalue weighted by Gasteiger charge is -2.23. The van der Waals surface area contributed by atoms with Crippen molar-refractivity contribution in [2.45, 2.75) is 64.1 Å². The van der Waals surface area contributed by atoms with E-state index in [1.54, 1.807) is 0 Å². The van der Waals surface area contributed by atoms with E-state index >= 15 is 0 Å². The molecule has 106 valence electrons. The van der Waals surface area contributed by atoms with Gasteiger partial charge in [-0.25, -0.2) is 0 Å². The molecule has 1 aromatic rings. The van der Waals surface area contributed by atoms with E-state index in [2.05, 4.69) is 27.3 Å². The quantitative estimate of drug-likeness (QED) is 0.813. The highest BCUT2D eigenvalue weighted by Gasteiger charge is 2.32. The zero-order valence-corrected chi connectivity index (χ0v) is 11.8. The summed E-state index contributed by atoms with van der Waals surface area (Å²) in [5.41, 5.74) is 0. The lowest BCUT2D eigenvalue weighted by molar-refractivity contribution is 0.200. The fourth-order valence-corrected chi connectivity index (χ4v) is 2.83. The topological polar surface area (TPSA) is 54.2 Å². The van der Waals surface area contributed by atoms with E-state index in [1.165, 1.54) is 32.2 Å². The van der Waals surface area contributed by atoms with Gasteiger partial charge in [0.2, 0.25) is 5.89 Å². The van der Waals surface area contributed by atoms with Crippen LogP contribution in [-0.4, -0.2) is 40.2 Å². The number of aromatic nitrogens is 2. The SMILES string of the molecule is CCCc1noc(CN(CC2CCCN2)C2CC2)n1. The Labute approximate surface area is 114 Å². The van der Waals surface area contributed by atoms with Crippen LogP contribution in [0.2, 0.25) is 0 Å². The second kappa shape index (κ2) is 6.01. The highest BCUT2D eigenvalue weighted by atomic mass is 16.5. The van der Waals surface area contributed by atoms with Crippen molar-refractivity contribution in [1.29, 1.82) is 0 Å². The highest BCUT2D eigenvalue weighted by Crippen LogP contribution is 2.28. The molecule has 1 atom stereocenters. The molecule has 1 N–H and O–H groups in total. The average molecular weight is 264 g/mol. The number of aryl methyl sites for hydroxylation is 1. The first-order valence-electron chi connectivity index (χ1n) is 7.64. The minimum Gasteiger partial charge on any atom is -0.338 e. The number of hydrogen-bond donors (Lipinski definition) is 1. The molecule has 1 saturated carbocycles. The third kappa shape index (κ3) is 3.54. The zero-order chi connectivity index (χ0) is 13.1. The molecule has 3 rings (SSSR count). The predicted octanol–water partition coefficient (Wildman–Crippen LogP) is 1.74. The summed E-state index contributed by atoms with van der Waals surface area (Å²) in [6, 6.07) is 1.39. The van der Waals surface area contributed by atoms with Crippen molar-refractivity contribution < 1.29 is 4.52 Å². The van der Waals surface area contributed by atoms with Crippen molar-refractivity contribution in [3.05, 3.63) is 11.7 Å². The van der Waals surface area contributed by atoms with E-state index in [-0.39, 0.29) is 0 Å². The Kier molecular flexibility index (Phi) is 4.13. The van der Waals surface area contributed by atoms with Gasteiger partial charge in [-0.05, 0) is 38.6 Å². The summed E-state index contributed by atoms with van der Waals surface area (Å²) >= 11 is 0. The minimum atomic E-state index is 0.652. The first-order valence-corrected chi connectivity index (χ1v) is 7.64. The van der Waals surface area contributed by atoms with Gasteiger partial charge in [0.25, 0.3) is 0 Å².